The predicted octanol–water partition coefficient (Wildman–Crippen LogP) is 1.15. The van der Waals surface area contributed by atoms with Gasteiger partial charge in [0, 0.05) is 7.11 Å². The standard InChI is InChI=1S/C4H9Cl2O2Si/c1-7-2-3-8-4-9(5)6/h2-4H2,1H3. The Kier molecular flexibility index (Phi) is 7.38. The summed E-state index contributed by atoms with van der Waals surface area (Å²) >= 11 is 10.9. The zero-order valence-electron chi connectivity index (χ0n) is 5.19. The van der Waals surface area contributed by atoms with E-state index in [9.17, 15) is 0 Å². The van der Waals surface area contributed by atoms with Gasteiger partial charge in [0.1, 0.15) is 0 Å². The van der Waals surface area contributed by atoms with Crippen molar-refractivity contribution in [3.8, 4) is 0 Å². The molecule has 0 aliphatic heterocycles. The van der Waals surface area contributed by atoms with Crippen molar-refractivity contribution in [3.63, 3.8) is 0 Å². The van der Waals surface area contributed by atoms with Crippen LogP contribution >= 0.6 is 22.2 Å². The van der Waals surface area contributed by atoms with E-state index in [1.165, 1.54) is 0 Å². The van der Waals surface area contributed by atoms with Crippen molar-refractivity contribution in [1.29, 1.82) is 0 Å². The van der Waals surface area contributed by atoms with Crippen LogP contribution in [0.3, 0.4) is 0 Å². The summed E-state index contributed by atoms with van der Waals surface area (Å²) in [4.78, 5) is 0. The van der Waals surface area contributed by atoms with Crippen molar-refractivity contribution in [2.75, 3.05) is 26.6 Å². The third-order valence-electron chi connectivity index (χ3n) is 0.643. The molecule has 0 aromatic heterocycles. The molecule has 1 radical (unpaired) electrons. The monoisotopic (exact) mass is 187 g/mol. The van der Waals surface area contributed by atoms with Crippen molar-refractivity contribution in [3.05, 3.63) is 0 Å². The zero-order chi connectivity index (χ0) is 7.11. The van der Waals surface area contributed by atoms with E-state index in [-0.39, 0.29) is 0 Å². The first kappa shape index (κ1) is 9.72. The molecule has 2 nitrogen and oxygen atoms in total. The fourth-order valence-corrected chi connectivity index (χ4v) is 1.05. The topological polar surface area (TPSA) is 18.5 Å². The summed E-state index contributed by atoms with van der Waals surface area (Å²) in [6.45, 7) is 1.17. The summed E-state index contributed by atoms with van der Waals surface area (Å²) < 4.78 is 9.72. The molecule has 0 spiro atoms. The number of ether oxygens (including phenoxy) is 2. The number of hydrogen-bond donors (Lipinski definition) is 0. The molecule has 0 fully saturated rings. The van der Waals surface area contributed by atoms with Crippen LogP contribution < -0.4 is 0 Å². The smallest absolute Gasteiger partial charge is 0.300 e. The van der Waals surface area contributed by atoms with Gasteiger partial charge in [-0.15, -0.1) is 22.2 Å². The summed E-state index contributed by atoms with van der Waals surface area (Å²) in [7, 11) is 0.373. The normalized spacial score (nSPS) is 10.7. The third kappa shape index (κ3) is 8.72. The fourth-order valence-electron chi connectivity index (χ4n) is 0.292. The lowest BCUT2D eigenvalue weighted by molar-refractivity contribution is 0.0927. The van der Waals surface area contributed by atoms with Crippen LogP contribution in [0, 0.1) is 0 Å². The van der Waals surface area contributed by atoms with Crippen LogP contribution in [0.1, 0.15) is 0 Å². The van der Waals surface area contributed by atoms with Gasteiger partial charge >= 0.3 is 0 Å². The molecule has 9 heavy (non-hydrogen) atoms. The highest BCUT2D eigenvalue weighted by Crippen LogP contribution is 1.94. The van der Waals surface area contributed by atoms with Gasteiger partial charge < -0.3 is 9.47 Å². The Morgan fingerprint density at radius 1 is 1.33 bits per heavy atom. The number of halogens is 2. The Morgan fingerprint density at radius 2 is 2.00 bits per heavy atom. The van der Waals surface area contributed by atoms with E-state index >= 15 is 0 Å². The minimum absolute atomic E-state index is 0.469. The molecule has 55 valence electrons. The van der Waals surface area contributed by atoms with Crippen LogP contribution in [0.2, 0.25) is 0 Å². The van der Waals surface area contributed by atoms with E-state index < -0.39 is 7.42 Å². The molecule has 0 aliphatic rings. The summed E-state index contributed by atoms with van der Waals surface area (Å²) in [5.41, 5.74) is 0. The second-order valence-electron chi connectivity index (χ2n) is 1.38. The predicted molar refractivity (Wildman–Crippen MR) is 40.2 cm³/mol. The SMILES string of the molecule is COCCOC[Si](Cl)Cl. The molecule has 0 amide bonds. The molecular weight excluding hydrogens is 179 g/mol. The first-order valence-electron chi connectivity index (χ1n) is 2.51. The summed E-state index contributed by atoms with van der Waals surface area (Å²) in [5.74, 6) is 0. The maximum absolute atomic E-state index is 5.46. The van der Waals surface area contributed by atoms with Crippen LogP contribution in [-0.2, 0) is 9.47 Å². The average molecular weight is 188 g/mol. The molecule has 0 heterocycles. The molecule has 0 aromatic rings. The van der Waals surface area contributed by atoms with Crippen molar-refractivity contribution < 1.29 is 9.47 Å². The molecule has 0 rings (SSSR count). The van der Waals surface area contributed by atoms with Crippen molar-refractivity contribution >= 4 is 29.6 Å². The second-order valence-corrected chi connectivity index (χ2v) is 5.67. The quantitative estimate of drug-likeness (QED) is 0.366. The van der Waals surface area contributed by atoms with E-state index in [4.69, 9.17) is 31.6 Å². The maximum Gasteiger partial charge on any atom is 0.300 e. The van der Waals surface area contributed by atoms with Gasteiger partial charge in [0.2, 0.25) is 0 Å². The Morgan fingerprint density at radius 3 is 2.44 bits per heavy atom. The zero-order valence-corrected chi connectivity index (χ0v) is 7.71. The minimum Gasteiger partial charge on any atom is -0.382 e. The van der Waals surface area contributed by atoms with Crippen molar-refractivity contribution in [2.45, 2.75) is 0 Å². The second kappa shape index (κ2) is 6.83. The lowest BCUT2D eigenvalue weighted by Gasteiger charge is -2.00. The molecule has 0 unspecified atom stereocenters. The van der Waals surface area contributed by atoms with Crippen molar-refractivity contribution in [1.82, 2.24) is 0 Å². The molecule has 0 aromatic carbocycles. The lowest BCUT2D eigenvalue weighted by Crippen LogP contribution is -2.10. The van der Waals surface area contributed by atoms with Gasteiger partial charge in [0.05, 0.1) is 19.4 Å². The Balaban J connectivity index is 2.75. The molecule has 0 saturated heterocycles. The van der Waals surface area contributed by atoms with Crippen LogP contribution in [0.15, 0.2) is 0 Å². The minimum atomic E-state index is -1.25. The summed E-state index contributed by atoms with van der Waals surface area (Å²) in [6.07, 6.45) is 0.469. The molecule has 0 bridgehead atoms. The van der Waals surface area contributed by atoms with E-state index in [0.717, 1.165) is 0 Å². The Bertz CT molecular complexity index is 62.5. The first-order valence-corrected chi connectivity index (χ1v) is 6.24. The summed E-state index contributed by atoms with van der Waals surface area (Å²) in [6, 6.07) is 0. The van der Waals surface area contributed by atoms with Crippen LogP contribution in [0.4, 0.5) is 0 Å². The first-order chi connectivity index (χ1) is 4.27. The number of methoxy groups -OCH3 is 1. The lowest BCUT2D eigenvalue weighted by atomic mass is 10.8. The highest BCUT2D eigenvalue weighted by molar-refractivity contribution is 7.33. The van der Waals surface area contributed by atoms with Crippen LogP contribution in [0.5, 0.6) is 0 Å². The highest BCUT2D eigenvalue weighted by Gasteiger charge is 2.01. The molecule has 0 atom stereocenters. The third-order valence-corrected chi connectivity index (χ3v) is 1.72. The van der Waals surface area contributed by atoms with Crippen LogP contribution in [-0.4, -0.2) is 34.0 Å². The van der Waals surface area contributed by atoms with Gasteiger partial charge in [-0.1, -0.05) is 0 Å². The highest BCUT2D eigenvalue weighted by atomic mass is 35.7. The molecule has 5 heteroatoms. The largest absolute Gasteiger partial charge is 0.382 e. The van der Waals surface area contributed by atoms with Gasteiger partial charge in [-0.3, -0.25) is 0 Å². The number of rotatable bonds is 5. The fraction of sp³-hybridized carbons (Fsp3) is 1.00. The van der Waals surface area contributed by atoms with Crippen molar-refractivity contribution in [2.24, 2.45) is 0 Å². The van der Waals surface area contributed by atoms with Gasteiger partial charge in [-0.05, 0) is 0 Å². The number of hydrogen-bond acceptors (Lipinski definition) is 2. The van der Waals surface area contributed by atoms with Gasteiger partial charge in [0.15, 0.2) is 0 Å². The average Bonchev–Trinajstić information content (AvgIpc) is 1.80. The molecular formula is C4H9Cl2O2Si. The van der Waals surface area contributed by atoms with Gasteiger partial charge in [-0.25, -0.2) is 0 Å². The van der Waals surface area contributed by atoms with Crippen LogP contribution in [0.25, 0.3) is 0 Å². The maximum atomic E-state index is 5.46. The summed E-state index contributed by atoms with van der Waals surface area (Å²) in [5, 5.41) is 0. The van der Waals surface area contributed by atoms with E-state index in [0.29, 0.717) is 19.4 Å². The molecule has 0 N–H and O–H groups in total. The van der Waals surface area contributed by atoms with E-state index in [1.807, 2.05) is 0 Å². The van der Waals surface area contributed by atoms with E-state index in [2.05, 4.69) is 0 Å². The van der Waals surface area contributed by atoms with Gasteiger partial charge in [0.25, 0.3) is 7.42 Å². The Labute approximate surface area is 66.1 Å². The Hall–Kier alpha value is 0.717. The molecule has 0 aliphatic carbocycles. The molecule has 0 saturated carbocycles. The van der Waals surface area contributed by atoms with E-state index in [1.54, 1.807) is 7.11 Å². The van der Waals surface area contributed by atoms with Gasteiger partial charge in [-0.2, -0.15) is 0 Å².